The number of benzene rings is 1. The van der Waals surface area contributed by atoms with Crippen molar-refractivity contribution >= 4 is 17.2 Å². The molecule has 0 aliphatic carbocycles. The van der Waals surface area contributed by atoms with Gasteiger partial charge < -0.3 is 15.8 Å². The zero-order chi connectivity index (χ0) is 15.2. The molecule has 21 heavy (non-hydrogen) atoms. The molecule has 1 heterocycles. The van der Waals surface area contributed by atoms with Crippen molar-refractivity contribution in [3.63, 3.8) is 0 Å². The van der Waals surface area contributed by atoms with Gasteiger partial charge in [-0.2, -0.15) is 0 Å². The molecule has 0 spiro atoms. The number of thiazole rings is 1. The van der Waals surface area contributed by atoms with E-state index in [1.165, 1.54) is 11.3 Å². The second-order valence-corrected chi connectivity index (χ2v) is 5.65. The summed E-state index contributed by atoms with van der Waals surface area (Å²) in [5.74, 6) is 0.635. The van der Waals surface area contributed by atoms with E-state index in [-0.39, 0.29) is 11.9 Å². The Morgan fingerprint density at radius 2 is 2.14 bits per heavy atom. The van der Waals surface area contributed by atoms with Crippen molar-refractivity contribution in [2.45, 2.75) is 19.4 Å². The van der Waals surface area contributed by atoms with Crippen LogP contribution < -0.4 is 15.8 Å². The molecule has 0 fully saturated rings. The third kappa shape index (κ3) is 4.27. The smallest absolute Gasteiger partial charge is 0.270 e. The molecule has 2 rings (SSSR count). The summed E-state index contributed by atoms with van der Waals surface area (Å²) in [6.45, 7) is 2.47. The highest BCUT2D eigenvalue weighted by atomic mass is 32.1. The summed E-state index contributed by atoms with van der Waals surface area (Å²) in [6, 6.07) is 7.68. The highest BCUT2D eigenvalue weighted by Crippen LogP contribution is 2.25. The molecule has 6 heteroatoms. The van der Waals surface area contributed by atoms with Gasteiger partial charge in [0.15, 0.2) is 0 Å². The zero-order valence-corrected chi connectivity index (χ0v) is 12.9. The van der Waals surface area contributed by atoms with Crippen LogP contribution in [0, 0.1) is 0 Å². The maximum atomic E-state index is 11.9. The van der Waals surface area contributed by atoms with Crippen LogP contribution in [0.1, 0.15) is 23.8 Å². The van der Waals surface area contributed by atoms with Gasteiger partial charge >= 0.3 is 0 Å². The van der Waals surface area contributed by atoms with Gasteiger partial charge in [0.05, 0.1) is 7.11 Å². The minimum atomic E-state index is -0.160. The monoisotopic (exact) mass is 305 g/mol. The Morgan fingerprint density at radius 3 is 2.76 bits per heavy atom. The molecule has 1 atom stereocenters. The van der Waals surface area contributed by atoms with Gasteiger partial charge in [-0.25, -0.2) is 4.98 Å². The fourth-order valence-corrected chi connectivity index (χ4v) is 2.55. The van der Waals surface area contributed by atoms with Crippen LogP contribution >= 0.6 is 11.3 Å². The Hall–Kier alpha value is -1.92. The van der Waals surface area contributed by atoms with Crippen LogP contribution in [0.4, 0.5) is 0 Å². The van der Waals surface area contributed by atoms with E-state index in [9.17, 15) is 4.79 Å². The lowest BCUT2D eigenvalue weighted by atomic mass is 10.2. The van der Waals surface area contributed by atoms with Crippen molar-refractivity contribution in [2.75, 3.05) is 13.7 Å². The van der Waals surface area contributed by atoms with Crippen molar-refractivity contribution in [3.05, 3.63) is 35.3 Å². The predicted octanol–water partition coefficient (Wildman–Crippen LogP) is 2.29. The van der Waals surface area contributed by atoms with Gasteiger partial charge in [-0.3, -0.25) is 4.79 Å². The van der Waals surface area contributed by atoms with Crippen molar-refractivity contribution in [3.8, 4) is 16.3 Å². The van der Waals surface area contributed by atoms with Gasteiger partial charge in [0, 0.05) is 23.5 Å². The summed E-state index contributed by atoms with van der Waals surface area (Å²) in [4.78, 5) is 16.3. The van der Waals surface area contributed by atoms with Gasteiger partial charge in [0.1, 0.15) is 16.5 Å². The minimum absolute atomic E-state index is 0.0793. The maximum absolute atomic E-state index is 11.9. The van der Waals surface area contributed by atoms with E-state index in [2.05, 4.69) is 10.3 Å². The number of nitrogens with zero attached hydrogens (tertiary/aromatic N) is 1. The van der Waals surface area contributed by atoms with Gasteiger partial charge in [-0.1, -0.05) is 0 Å². The largest absolute Gasteiger partial charge is 0.497 e. The normalized spacial score (nSPS) is 12.0. The van der Waals surface area contributed by atoms with Gasteiger partial charge in [-0.15, -0.1) is 11.3 Å². The lowest BCUT2D eigenvalue weighted by molar-refractivity contribution is 0.0948. The molecular formula is C15H19N3O2S. The topological polar surface area (TPSA) is 77.2 Å². The number of rotatable bonds is 6. The number of hydrogen-bond acceptors (Lipinski definition) is 5. The molecule has 0 radical (unpaired) electrons. The van der Waals surface area contributed by atoms with Crippen LogP contribution in [0.5, 0.6) is 5.75 Å². The van der Waals surface area contributed by atoms with E-state index in [0.29, 0.717) is 12.2 Å². The van der Waals surface area contributed by atoms with E-state index in [0.717, 1.165) is 22.7 Å². The van der Waals surface area contributed by atoms with Crippen LogP contribution in [-0.4, -0.2) is 30.6 Å². The van der Waals surface area contributed by atoms with Crippen molar-refractivity contribution in [1.82, 2.24) is 10.3 Å². The number of carbonyl (C=O) groups excluding carboxylic acids is 1. The third-order valence-electron chi connectivity index (χ3n) is 2.96. The lowest BCUT2D eigenvalue weighted by Crippen LogP contribution is -2.29. The van der Waals surface area contributed by atoms with E-state index in [1.54, 1.807) is 12.5 Å². The minimum Gasteiger partial charge on any atom is -0.497 e. The second kappa shape index (κ2) is 7.19. The Labute approximate surface area is 128 Å². The molecule has 3 N–H and O–H groups in total. The molecule has 112 valence electrons. The molecule has 0 aliphatic rings. The van der Waals surface area contributed by atoms with Crippen LogP contribution in [0.25, 0.3) is 10.6 Å². The second-order valence-electron chi connectivity index (χ2n) is 4.79. The van der Waals surface area contributed by atoms with Crippen LogP contribution in [0.3, 0.4) is 0 Å². The van der Waals surface area contributed by atoms with E-state index in [4.69, 9.17) is 10.5 Å². The summed E-state index contributed by atoms with van der Waals surface area (Å²) in [5.41, 5.74) is 7.05. The van der Waals surface area contributed by atoms with E-state index in [1.807, 2.05) is 31.2 Å². The molecule has 5 nitrogen and oxygen atoms in total. The highest BCUT2D eigenvalue weighted by molar-refractivity contribution is 7.13. The Balaban J connectivity index is 2.01. The number of hydrogen-bond donors (Lipinski definition) is 2. The van der Waals surface area contributed by atoms with Gasteiger partial charge in [0.2, 0.25) is 0 Å². The first-order chi connectivity index (χ1) is 10.1. The third-order valence-corrected chi connectivity index (χ3v) is 3.85. The highest BCUT2D eigenvalue weighted by Gasteiger charge is 2.11. The SMILES string of the molecule is COc1ccc(-c2nc(C(=O)NCCC(C)N)cs2)cc1. The molecule has 1 unspecified atom stereocenters. The molecule has 1 aromatic heterocycles. The molecule has 0 saturated heterocycles. The molecule has 1 amide bonds. The number of ether oxygens (including phenoxy) is 1. The summed E-state index contributed by atoms with van der Waals surface area (Å²) in [6.07, 6.45) is 0.751. The number of amides is 1. The predicted molar refractivity (Wildman–Crippen MR) is 84.7 cm³/mol. The van der Waals surface area contributed by atoms with E-state index >= 15 is 0 Å². The molecule has 0 saturated carbocycles. The fourth-order valence-electron chi connectivity index (χ4n) is 1.75. The number of nitrogens with one attached hydrogen (secondary N) is 1. The standard InChI is InChI=1S/C15H19N3O2S/c1-10(16)7-8-17-14(19)13-9-21-15(18-13)11-3-5-12(20-2)6-4-11/h3-6,9-10H,7-8,16H2,1-2H3,(H,17,19). The summed E-state index contributed by atoms with van der Waals surface area (Å²) in [5, 5.41) is 5.40. The number of methoxy groups -OCH3 is 1. The number of carbonyl (C=O) groups is 1. The van der Waals surface area contributed by atoms with Crippen LogP contribution in [-0.2, 0) is 0 Å². The quantitative estimate of drug-likeness (QED) is 0.858. The van der Waals surface area contributed by atoms with Crippen LogP contribution in [0.15, 0.2) is 29.6 Å². The van der Waals surface area contributed by atoms with Crippen LogP contribution in [0.2, 0.25) is 0 Å². The maximum Gasteiger partial charge on any atom is 0.270 e. The van der Waals surface area contributed by atoms with Gasteiger partial charge in [0.25, 0.3) is 5.91 Å². The Kier molecular flexibility index (Phi) is 5.30. The average Bonchev–Trinajstić information content (AvgIpc) is 2.97. The summed E-state index contributed by atoms with van der Waals surface area (Å²) < 4.78 is 5.12. The van der Waals surface area contributed by atoms with Crippen molar-refractivity contribution in [1.29, 1.82) is 0 Å². The molecule has 2 aromatic rings. The number of nitrogens with two attached hydrogens (primary N) is 1. The molecule has 0 aliphatic heterocycles. The molecule has 0 bridgehead atoms. The first kappa shape index (κ1) is 15.5. The van der Waals surface area contributed by atoms with Crippen molar-refractivity contribution < 1.29 is 9.53 Å². The summed E-state index contributed by atoms with van der Waals surface area (Å²) >= 11 is 1.45. The Bertz CT molecular complexity index is 593. The molecule has 1 aromatic carbocycles. The fraction of sp³-hybridized carbons (Fsp3) is 0.333. The molecular weight excluding hydrogens is 286 g/mol. The summed E-state index contributed by atoms with van der Waals surface area (Å²) in [7, 11) is 1.63. The lowest BCUT2D eigenvalue weighted by Gasteiger charge is -2.05. The zero-order valence-electron chi connectivity index (χ0n) is 12.1. The van der Waals surface area contributed by atoms with Crippen molar-refractivity contribution in [2.24, 2.45) is 5.73 Å². The van der Waals surface area contributed by atoms with Gasteiger partial charge in [-0.05, 0) is 37.6 Å². The Morgan fingerprint density at radius 1 is 1.43 bits per heavy atom. The first-order valence-corrected chi connectivity index (χ1v) is 7.62. The van der Waals surface area contributed by atoms with E-state index < -0.39 is 0 Å². The number of aromatic nitrogens is 1. The average molecular weight is 305 g/mol. The first-order valence-electron chi connectivity index (χ1n) is 6.74.